The maximum Gasteiger partial charge on any atom is 0.243 e. The lowest BCUT2D eigenvalue weighted by molar-refractivity contribution is -0.121. The fourth-order valence-corrected chi connectivity index (χ4v) is 5.01. The molecule has 8 heteroatoms. The molecule has 1 amide bonds. The van der Waals surface area contributed by atoms with Gasteiger partial charge in [0.2, 0.25) is 15.9 Å². The number of anilines is 1. The second-order valence-corrected chi connectivity index (χ2v) is 9.86. The lowest BCUT2D eigenvalue weighted by atomic mass is 10.1. The lowest BCUT2D eigenvalue weighted by Crippen LogP contribution is -2.48. The van der Waals surface area contributed by atoms with Crippen LogP contribution >= 0.6 is 11.6 Å². The fourth-order valence-electron chi connectivity index (χ4n) is 3.62. The molecule has 0 radical (unpaired) electrons. The molecular formula is C20H32ClN3O3S. The van der Waals surface area contributed by atoms with Crippen molar-refractivity contribution in [1.82, 2.24) is 10.2 Å². The average molecular weight is 430 g/mol. The minimum atomic E-state index is -3.65. The molecule has 0 saturated carbocycles. The third-order valence-electron chi connectivity index (χ3n) is 5.15. The van der Waals surface area contributed by atoms with E-state index in [9.17, 15) is 13.2 Å². The first-order valence-electron chi connectivity index (χ1n) is 9.96. The Hall–Kier alpha value is -1.31. The van der Waals surface area contributed by atoms with Gasteiger partial charge in [0.1, 0.15) is 6.04 Å². The van der Waals surface area contributed by atoms with Crippen LogP contribution in [0.25, 0.3) is 0 Å². The topological polar surface area (TPSA) is 69.7 Å². The number of rotatable bonds is 8. The Kier molecular flexibility index (Phi) is 8.58. The highest BCUT2D eigenvalue weighted by Gasteiger charge is 2.30. The van der Waals surface area contributed by atoms with Crippen LogP contribution in [-0.2, 0) is 14.8 Å². The van der Waals surface area contributed by atoms with Crippen LogP contribution in [0.1, 0.15) is 44.6 Å². The van der Waals surface area contributed by atoms with E-state index in [1.165, 1.54) is 25.7 Å². The zero-order valence-electron chi connectivity index (χ0n) is 17.1. The maximum atomic E-state index is 12.6. The molecule has 2 rings (SSSR count). The van der Waals surface area contributed by atoms with Gasteiger partial charge in [0.05, 0.1) is 11.9 Å². The number of aryl methyl sites for hydroxylation is 1. The van der Waals surface area contributed by atoms with Crippen LogP contribution in [0.2, 0.25) is 5.02 Å². The largest absolute Gasteiger partial charge is 0.354 e. The number of amides is 1. The third-order valence-corrected chi connectivity index (χ3v) is 6.61. The zero-order valence-corrected chi connectivity index (χ0v) is 18.7. The lowest BCUT2D eigenvalue weighted by Gasteiger charge is -2.29. The van der Waals surface area contributed by atoms with Crippen molar-refractivity contribution in [3.05, 3.63) is 28.8 Å². The second-order valence-electron chi connectivity index (χ2n) is 7.57. The number of sulfonamides is 1. The van der Waals surface area contributed by atoms with Crippen molar-refractivity contribution in [2.45, 2.75) is 52.0 Å². The Bertz CT molecular complexity index is 762. The molecule has 1 N–H and O–H groups in total. The molecule has 0 bridgehead atoms. The first-order chi connectivity index (χ1) is 13.2. The molecule has 0 unspecified atom stereocenters. The van der Waals surface area contributed by atoms with E-state index in [0.717, 1.165) is 42.2 Å². The van der Waals surface area contributed by atoms with Crippen LogP contribution in [0.15, 0.2) is 18.2 Å². The van der Waals surface area contributed by atoms with E-state index < -0.39 is 16.1 Å². The fraction of sp³-hybridized carbons (Fsp3) is 0.650. The SMILES string of the molecule is Cc1ccc(Cl)cc1N([C@@H](C)C(=O)NCCCN1CCCCCC1)S(C)(=O)=O. The highest BCUT2D eigenvalue weighted by Crippen LogP contribution is 2.28. The van der Waals surface area contributed by atoms with Crippen molar-refractivity contribution in [2.24, 2.45) is 0 Å². The Morgan fingerprint density at radius 3 is 2.50 bits per heavy atom. The van der Waals surface area contributed by atoms with E-state index in [4.69, 9.17) is 11.6 Å². The number of benzene rings is 1. The number of hydrogen-bond donors (Lipinski definition) is 1. The number of halogens is 1. The molecule has 0 aliphatic carbocycles. The van der Waals surface area contributed by atoms with Gasteiger partial charge in [0.25, 0.3) is 0 Å². The van der Waals surface area contributed by atoms with Crippen LogP contribution in [0.5, 0.6) is 0 Å². The molecular weight excluding hydrogens is 398 g/mol. The number of nitrogens with one attached hydrogen (secondary N) is 1. The summed E-state index contributed by atoms with van der Waals surface area (Å²) in [6.45, 7) is 7.14. The van der Waals surface area contributed by atoms with E-state index in [2.05, 4.69) is 10.2 Å². The van der Waals surface area contributed by atoms with E-state index in [1.807, 2.05) is 0 Å². The molecule has 1 aliphatic rings. The standard InChI is InChI=1S/C20H32ClN3O3S/c1-16-9-10-18(21)15-19(16)24(28(3,26)27)17(2)20(25)22-11-8-14-23-12-6-4-5-7-13-23/h9-10,15,17H,4-8,11-14H2,1-3H3,(H,22,25)/t17-/m0/s1. The quantitative estimate of drug-likeness (QED) is 0.644. The third kappa shape index (κ3) is 6.64. The second kappa shape index (κ2) is 10.5. The first kappa shape index (κ1) is 23.0. The Morgan fingerprint density at radius 2 is 1.89 bits per heavy atom. The van der Waals surface area contributed by atoms with Crippen molar-refractivity contribution in [3.8, 4) is 0 Å². The summed E-state index contributed by atoms with van der Waals surface area (Å²) in [6, 6.07) is 4.18. The van der Waals surface area contributed by atoms with Crippen molar-refractivity contribution in [1.29, 1.82) is 0 Å². The number of hydrogen-bond acceptors (Lipinski definition) is 4. The Balaban J connectivity index is 1.97. The average Bonchev–Trinajstić information content (AvgIpc) is 2.89. The van der Waals surface area contributed by atoms with Crippen LogP contribution in [0.3, 0.4) is 0 Å². The summed E-state index contributed by atoms with van der Waals surface area (Å²) in [5, 5.41) is 3.32. The van der Waals surface area contributed by atoms with Gasteiger partial charge in [0, 0.05) is 11.6 Å². The molecule has 6 nitrogen and oxygen atoms in total. The molecule has 0 aromatic heterocycles. The van der Waals surface area contributed by atoms with Gasteiger partial charge in [-0.3, -0.25) is 9.10 Å². The van der Waals surface area contributed by atoms with Gasteiger partial charge < -0.3 is 10.2 Å². The summed E-state index contributed by atoms with van der Waals surface area (Å²) < 4.78 is 26.0. The molecule has 1 atom stereocenters. The monoisotopic (exact) mass is 429 g/mol. The minimum Gasteiger partial charge on any atom is -0.354 e. The van der Waals surface area contributed by atoms with Gasteiger partial charge in [-0.1, -0.05) is 30.5 Å². The van der Waals surface area contributed by atoms with Crippen molar-refractivity contribution >= 4 is 33.2 Å². The summed E-state index contributed by atoms with van der Waals surface area (Å²) in [7, 11) is -3.65. The van der Waals surface area contributed by atoms with Crippen LogP contribution < -0.4 is 9.62 Å². The van der Waals surface area contributed by atoms with E-state index in [0.29, 0.717) is 17.3 Å². The van der Waals surface area contributed by atoms with Gasteiger partial charge in [-0.2, -0.15) is 0 Å². The van der Waals surface area contributed by atoms with Gasteiger partial charge in [-0.15, -0.1) is 0 Å². The summed E-state index contributed by atoms with van der Waals surface area (Å²) in [4.78, 5) is 15.1. The minimum absolute atomic E-state index is 0.305. The maximum absolute atomic E-state index is 12.6. The highest BCUT2D eigenvalue weighted by molar-refractivity contribution is 7.92. The van der Waals surface area contributed by atoms with Crippen molar-refractivity contribution in [3.63, 3.8) is 0 Å². The summed E-state index contributed by atoms with van der Waals surface area (Å²) >= 11 is 6.06. The number of carbonyl (C=O) groups is 1. The molecule has 1 fully saturated rings. The molecule has 1 aliphatic heterocycles. The molecule has 28 heavy (non-hydrogen) atoms. The number of likely N-dealkylation sites (tertiary alicyclic amines) is 1. The molecule has 158 valence electrons. The highest BCUT2D eigenvalue weighted by atomic mass is 35.5. The van der Waals surface area contributed by atoms with E-state index >= 15 is 0 Å². The van der Waals surface area contributed by atoms with Gasteiger partial charge in [-0.25, -0.2) is 8.42 Å². The molecule has 1 aromatic carbocycles. The van der Waals surface area contributed by atoms with E-state index in [-0.39, 0.29) is 5.91 Å². The predicted octanol–water partition coefficient (Wildman–Crippen LogP) is 3.19. The smallest absolute Gasteiger partial charge is 0.243 e. The van der Waals surface area contributed by atoms with Crippen LogP contribution in [0, 0.1) is 6.92 Å². The normalized spacial score (nSPS) is 17.0. The predicted molar refractivity (Wildman–Crippen MR) is 116 cm³/mol. The van der Waals surface area contributed by atoms with Crippen LogP contribution in [0.4, 0.5) is 5.69 Å². The summed E-state index contributed by atoms with van der Waals surface area (Å²) in [6.07, 6.45) is 7.05. The van der Waals surface area contributed by atoms with Crippen molar-refractivity contribution in [2.75, 3.05) is 36.7 Å². The Morgan fingerprint density at radius 1 is 1.25 bits per heavy atom. The van der Waals surface area contributed by atoms with E-state index in [1.54, 1.807) is 32.0 Å². The summed E-state index contributed by atoms with van der Waals surface area (Å²) in [5.41, 5.74) is 1.18. The molecule has 0 spiro atoms. The van der Waals surface area contributed by atoms with Gasteiger partial charge >= 0.3 is 0 Å². The first-order valence-corrected chi connectivity index (χ1v) is 12.2. The van der Waals surface area contributed by atoms with Gasteiger partial charge in [-0.05, 0) is 70.4 Å². The van der Waals surface area contributed by atoms with Gasteiger partial charge in [0.15, 0.2) is 0 Å². The summed E-state index contributed by atoms with van der Waals surface area (Å²) in [5.74, 6) is -0.305. The Labute approximate surface area is 174 Å². The molecule has 1 saturated heterocycles. The molecule has 1 heterocycles. The number of nitrogens with zero attached hydrogens (tertiary/aromatic N) is 2. The van der Waals surface area contributed by atoms with Crippen molar-refractivity contribution < 1.29 is 13.2 Å². The molecule has 1 aromatic rings. The zero-order chi connectivity index (χ0) is 20.7. The number of carbonyl (C=O) groups excluding carboxylic acids is 1. The van der Waals surface area contributed by atoms with Crippen LogP contribution in [-0.4, -0.2) is 57.7 Å².